The maximum atomic E-state index is 10.4. The highest BCUT2D eigenvalue weighted by Gasteiger charge is 2.09. The van der Waals surface area contributed by atoms with E-state index in [0.717, 1.165) is 0 Å². The van der Waals surface area contributed by atoms with E-state index >= 15 is 0 Å². The van der Waals surface area contributed by atoms with Gasteiger partial charge in [0.25, 0.3) is 0 Å². The van der Waals surface area contributed by atoms with Crippen LogP contribution in [0, 0.1) is 0 Å². The van der Waals surface area contributed by atoms with Crippen LogP contribution in [-0.4, -0.2) is 23.9 Å². The Morgan fingerprint density at radius 3 is 3.09 bits per heavy atom. The Bertz CT molecular complexity index is 266. The van der Waals surface area contributed by atoms with E-state index in [0.29, 0.717) is 12.4 Å². The number of rotatable bonds is 3. The van der Waals surface area contributed by atoms with Crippen LogP contribution in [0.2, 0.25) is 0 Å². The van der Waals surface area contributed by atoms with Crippen molar-refractivity contribution in [3.05, 3.63) is 16.4 Å². The van der Waals surface area contributed by atoms with Gasteiger partial charge in [0, 0.05) is 7.11 Å². The third-order valence-electron chi connectivity index (χ3n) is 1.15. The number of hydrogen-bond donors (Lipinski definition) is 2. The largest absolute Gasteiger partial charge is 0.438 e. The van der Waals surface area contributed by atoms with Gasteiger partial charge in [0.1, 0.15) is 0 Å². The van der Waals surface area contributed by atoms with E-state index in [1.165, 1.54) is 7.11 Å². The van der Waals surface area contributed by atoms with Crippen LogP contribution in [0.3, 0.4) is 0 Å². The summed E-state index contributed by atoms with van der Waals surface area (Å²) in [6.07, 6.45) is 0. The van der Waals surface area contributed by atoms with Crippen LogP contribution in [-0.2, 0) is 4.74 Å². The third kappa shape index (κ3) is 1.89. The van der Waals surface area contributed by atoms with E-state index in [1.54, 1.807) is 0 Å². The maximum absolute atomic E-state index is 10.4. The van der Waals surface area contributed by atoms with Crippen LogP contribution in [0.4, 0.5) is 0 Å². The Labute approximate surface area is 62.3 Å². The molecule has 0 aromatic carbocycles. The molecule has 0 fully saturated rings. The maximum Gasteiger partial charge on any atom is 0.438 e. The lowest BCUT2D eigenvalue weighted by Gasteiger charge is -2.03. The van der Waals surface area contributed by atoms with Crippen molar-refractivity contribution < 1.29 is 9.26 Å². The summed E-state index contributed by atoms with van der Waals surface area (Å²) in [6.45, 7) is 0.294. The van der Waals surface area contributed by atoms with Gasteiger partial charge < -0.3 is 10.5 Å². The molecule has 1 unspecified atom stereocenters. The molecule has 0 aliphatic rings. The van der Waals surface area contributed by atoms with Gasteiger partial charge in [-0.15, -0.1) is 0 Å². The number of methoxy groups -OCH3 is 1. The third-order valence-corrected chi connectivity index (χ3v) is 1.15. The van der Waals surface area contributed by atoms with E-state index in [-0.39, 0.29) is 0 Å². The summed E-state index contributed by atoms with van der Waals surface area (Å²) in [5.74, 6) is -0.302. The first-order valence-electron chi connectivity index (χ1n) is 3.04. The summed E-state index contributed by atoms with van der Waals surface area (Å²) in [4.78, 5) is 12.7. The first-order valence-corrected chi connectivity index (χ1v) is 3.04. The van der Waals surface area contributed by atoms with E-state index in [1.807, 2.05) is 0 Å². The van der Waals surface area contributed by atoms with E-state index < -0.39 is 11.8 Å². The number of H-pyrrole nitrogens is 1. The molecule has 0 aliphatic heterocycles. The number of nitrogens with one attached hydrogen (secondary N) is 1. The molecular formula is C5H9N3O3. The summed E-state index contributed by atoms with van der Waals surface area (Å²) in [7, 11) is 1.51. The number of hydrogen-bond acceptors (Lipinski definition) is 5. The molecule has 62 valence electrons. The molecule has 11 heavy (non-hydrogen) atoms. The molecular weight excluding hydrogens is 150 g/mol. The van der Waals surface area contributed by atoms with Gasteiger partial charge in [0.15, 0.2) is 5.82 Å². The fraction of sp³-hybridized carbons (Fsp3) is 0.600. The van der Waals surface area contributed by atoms with Crippen LogP contribution in [0.15, 0.2) is 9.32 Å². The van der Waals surface area contributed by atoms with Gasteiger partial charge in [-0.3, -0.25) is 9.51 Å². The molecule has 6 heteroatoms. The van der Waals surface area contributed by atoms with Crippen molar-refractivity contribution in [3.63, 3.8) is 0 Å². The Hall–Kier alpha value is -1.14. The Kier molecular flexibility index (Phi) is 2.40. The van der Waals surface area contributed by atoms with Crippen molar-refractivity contribution in [2.75, 3.05) is 13.7 Å². The van der Waals surface area contributed by atoms with Crippen LogP contribution >= 0.6 is 0 Å². The van der Waals surface area contributed by atoms with Gasteiger partial charge in [-0.1, -0.05) is 5.16 Å². The molecule has 0 bridgehead atoms. The molecule has 0 spiro atoms. The van der Waals surface area contributed by atoms with Crippen LogP contribution in [0.25, 0.3) is 0 Å². The highest BCUT2D eigenvalue weighted by atomic mass is 16.5. The Balaban J connectivity index is 2.68. The molecule has 1 aromatic rings. The monoisotopic (exact) mass is 159 g/mol. The second kappa shape index (κ2) is 3.31. The molecule has 3 N–H and O–H groups in total. The summed E-state index contributed by atoms with van der Waals surface area (Å²) in [6, 6.07) is -0.438. The van der Waals surface area contributed by atoms with Gasteiger partial charge in [0.05, 0.1) is 12.6 Å². The van der Waals surface area contributed by atoms with Gasteiger partial charge in [0.2, 0.25) is 0 Å². The zero-order valence-corrected chi connectivity index (χ0v) is 6.03. The fourth-order valence-electron chi connectivity index (χ4n) is 0.660. The molecule has 1 atom stereocenters. The zero-order valence-electron chi connectivity index (χ0n) is 6.03. The van der Waals surface area contributed by atoms with E-state index in [9.17, 15) is 4.79 Å². The summed E-state index contributed by atoms with van der Waals surface area (Å²) >= 11 is 0. The first-order chi connectivity index (χ1) is 5.24. The predicted octanol–water partition coefficient (Wildman–Crippen LogP) is -0.991. The first kappa shape index (κ1) is 7.96. The van der Waals surface area contributed by atoms with Gasteiger partial charge >= 0.3 is 5.76 Å². The second-order valence-electron chi connectivity index (χ2n) is 2.04. The van der Waals surface area contributed by atoms with E-state index in [4.69, 9.17) is 10.5 Å². The van der Waals surface area contributed by atoms with Gasteiger partial charge in [-0.2, -0.15) is 0 Å². The molecule has 1 rings (SSSR count). The van der Waals surface area contributed by atoms with Crippen molar-refractivity contribution in [2.24, 2.45) is 5.73 Å². The lowest BCUT2D eigenvalue weighted by atomic mass is 10.3. The number of aromatic amines is 1. The Morgan fingerprint density at radius 1 is 1.91 bits per heavy atom. The molecule has 1 aromatic heterocycles. The minimum atomic E-state index is -0.605. The smallest absolute Gasteiger partial charge is 0.383 e. The standard InChI is InChI=1S/C5H9N3O3/c1-10-2-3(6)4-7-5(9)11-8-4/h3H,2,6H2,1H3,(H,7,8,9). The average molecular weight is 159 g/mol. The Morgan fingerprint density at radius 2 is 2.64 bits per heavy atom. The fourth-order valence-corrected chi connectivity index (χ4v) is 0.660. The normalized spacial score (nSPS) is 13.3. The minimum Gasteiger partial charge on any atom is -0.383 e. The molecule has 0 amide bonds. The van der Waals surface area contributed by atoms with Crippen molar-refractivity contribution in [1.82, 2.24) is 10.1 Å². The molecule has 0 saturated heterocycles. The van der Waals surface area contributed by atoms with Gasteiger partial charge in [-0.05, 0) is 0 Å². The van der Waals surface area contributed by atoms with Crippen molar-refractivity contribution in [2.45, 2.75) is 6.04 Å². The quantitative estimate of drug-likeness (QED) is 0.590. The summed E-state index contributed by atoms with van der Waals surface area (Å²) in [5.41, 5.74) is 5.50. The molecule has 1 heterocycles. The molecule has 0 saturated carbocycles. The lowest BCUT2D eigenvalue weighted by Crippen LogP contribution is -2.18. The van der Waals surface area contributed by atoms with Crippen molar-refractivity contribution in [3.8, 4) is 0 Å². The summed E-state index contributed by atoms with van der Waals surface area (Å²) < 4.78 is 8.97. The second-order valence-corrected chi connectivity index (χ2v) is 2.04. The average Bonchev–Trinajstić information content (AvgIpc) is 2.36. The number of nitrogens with zero attached hydrogens (tertiary/aromatic N) is 1. The molecule has 0 aliphatic carbocycles. The molecule has 0 radical (unpaired) electrons. The number of nitrogens with two attached hydrogens (primary N) is 1. The van der Waals surface area contributed by atoms with E-state index in [2.05, 4.69) is 14.7 Å². The van der Waals surface area contributed by atoms with Crippen LogP contribution in [0.5, 0.6) is 0 Å². The SMILES string of the molecule is COCC(N)c1noc(=O)[nH]1. The van der Waals surface area contributed by atoms with Crippen molar-refractivity contribution >= 4 is 0 Å². The summed E-state index contributed by atoms with van der Waals surface area (Å²) in [5, 5.41) is 3.39. The number of ether oxygens (including phenoxy) is 1. The zero-order chi connectivity index (χ0) is 8.27. The van der Waals surface area contributed by atoms with Crippen LogP contribution < -0.4 is 11.5 Å². The highest BCUT2D eigenvalue weighted by Crippen LogP contribution is 1.99. The predicted molar refractivity (Wildman–Crippen MR) is 35.9 cm³/mol. The highest BCUT2D eigenvalue weighted by molar-refractivity contribution is 4.87. The minimum absolute atomic E-state index is 0.294. The topological polar surface area (TPSA) is 94.1 Å². The lowest BCUT2D eigenvalue weighted by molar-refractivity contribution is 0.177. The van der Waals surface area contributed by atoms with Crippen molar-refractivity contribution in [1.29, 1.82) is 0 Å². The molecule has 6 nitrogen and oxygen atoms in total. The van der Waals surface area contributed by atoms with Gasteiger partial charge in [-0.25, -0.2) is 4.79 Å². The van der Waals surface area contributed by atoms with Crippen LogP contribution in [0.1, 0.15) is 11.9 Å². The number of aromatic nitrogens is 2.